The van der Waals surface area contributed by atoms with E-state index in [2.05, 4.69) is 18.8 Å². The average molecular weight is 249 g/mol. The van der Waals surface area contributed by atoms with E-state index in [1.807, 2.05) is 24.0 Å². The molecule has 0 aliphatic carbocycles. The zero-order chi connectivity index (χ0) is 12.4. The minimum Gasteiger partial charge on any atom is -0.478 e. The minimum absolute atomic E-state index is 0.378. The zero-order valence-electron chi connectivity index (χ0n) is 9.86. The Morgan fingerprint density at radius 2 is 2.24 bits per heavy atom. The highest BCUT2D eigenvalue weighted by Gasteiger charge is 2.13. The van der Waals surface area contributed by atoms with Crippen LogP contribution in [0.1, 0.15) is 29.8 Å². The van der Waals surface area contributed by atoms with Crippen molar-refractivity contribution < 1.29 is 9.90 Å². The lowest BCUT2D eigenvalue weighted by Gasteiger charge is -2.05. The molecule has 0 aliphatic rings. The Kier molecular flexibility index (Phi) is 3.43. The van der Waals surface area contributed by atoms with Crippen molar-refractivity contribution >= 4 is 28.6 Å². The number of carboxylic acids is 1. The number of carboxylic acid groups (broad SMARTS) is 1. The summed E-state index contributed by atoms with van der Waals surface area (Å²) in [7, 11) is 0. The van der Waals surface area contributed by atoms with E-state index >= 15 is 0 Å². The lowest BCUT2D eigenvalue weighted by atomic mass is 10.1. The number of hydrogen-bond acceptors (Lipinski definition) is 2. The molecule has 1 aromatic carbocycles. The van der Waals surface area contributed by atoms with Crippen molar-refractivity contribution in [2.24, 2.45) is 0 Å². The molecule has 0 radical (unpaired) electrons. The number of fused-ring (bicyclic) bond motifs is 1. The van der Waals surface area contributed by atoms with Gasteiger partial charge in [-0.3, -0.25) is 0 Å². The molecular weight excluding hydrogens is 234 g/mol. The number of carbonyl (C=O) groups is 1. The van der Waals surface area contributed by atoms with E-state index < -0.39 is 5.97 Å². The van der Waals surface area contributed by atoms with E-state index in [0.29, 0.717) is 10.8 Å². The smallest absolute Gasteiger partial charge is 0.336 e. The molecule has 2 aromatic rings. The SMILES string of the molecule is CC(C)SCc1c[nH]c2cccc(C(=O)O)c12. The third-order valence-corrected chi connectivity index (χ3v) is 3.73. The Morgan fingerprint density at radius 3 is 2.88 bits per heavy atom. The number of hydrogen-bond donors (Lipinski definition) is 2. The van der Waals surface area contributed by atoms with Gasteiger partial charge in [0.05, 0.1) is 5.56 Å². The molecule has 0 saturated carbocycles. The summed E-state index contributed by atoms with van der Waals surface area (Å²) in [4.78, 5) is 14.3. The van der Waals surface area contributed by atoms with Crippen LogP contribution in [0.3, 0.4) is 0 Å². The van der Waals surface area contributed by atoms with Crippen LogP contribution in [0.2, 0.25) is 0 Å². The highest BCUT2D eigenvalue weighted by Crippen LogP contribution is 2.27. The lowest BCUT2D eigenvalue weighted by Crippen LogP contribution is -1.98. The second kappa shape index (κ2) is 4.84. The number of aromatic carboxylic acids is 1. The number of aromatic amines is 1. The second-order valence-corrected chi connectivity index (χ2v) is 5.77. The van der Waals surface area contributed by atoms with Gasteiger partial charge in [-0.1, -0.05) is 19.9 Å². The maximum absolute atomic E-state index is 11.2. The summed E-state index contributed by atoms with van der Waals surface area (Å²) < 4.78 is 0. The van der Waals surface area contributed by atoms with Gasteiger partial charge in [0.25, 0.3) is 0 Å². The maximum Gasteiger partial charge on any atom is 0.336 e. The third kappa shape index (κ3) is 2.47. The zero-order valence-corrected chi connectivity index (χ0v) is 10.7. The van der Waals surface area contributed by atoms with Crippen LogP contribution in [0.25, 0.3) is 10.9 Å². The quantitative estimate of drug-likeness (QED) is 0.871. The van der Waals surface area contributed by atoms with Crippen molar-refractivity contribution in [3.05, 3.63) is 35.5 Å². The average Bonchev–Trinajstić information content (AvgIpc) is 2.69. The fraction of sp³-hybridized carbons (Fsp3) is 0.308. The van der Waals surface area contributed by atoms with Crippen molar-refractivity contribution in [2.45, 2.75) is 24.9 Å². The van der Waals surface area contributed by atoms with Crippen LogP contribution in [0.4, 0.5) is 0 Å². The molecule has 0 atom stereocenters. The molecule has 0 saturated heterocycles. The number of nitrogens with one attached hydrogen (secondary N) is 1. The largest absolute Gasteiger partial charge is 0.478 e. The van der Waals surface area contributed by atoms with Crippen LogP contribution in [-0.4, -0.2) is 21.3 Å². The fourth-order valence-corrected chi connectivity index (χ4v) is 2.54. The molecule has 0 spiro atoms. The van der Waals surface area contributed by atoms with Crippen LogP contribution in [0.15, 0.2) is 24.4 Å². The van der Waals surface area contributed by atoms with Gasteiger partial charge in [0, 0.05) is 22.9 Å². The molecule has 17 heavy (non-hydrogen) atoms. The first-order valence-electron chi connectivity index (χ1n) is 5.53. The predicted molar refractivity (Wildman–Crippen MR) is 71.7 cm³/mol. The highest BCUT2D eigenvalue weighted by molar-refractivity contribution is 7.99. The van der Waals surface area contributed by atoms with E-state index in [0.717, 1.165) is 22.2 Å². The van der Waals surface area contributed by atoms with Gasteiger partial charge in [-0.05, 0) is 22.9 Å². The predicted octanol–water partition coefficient (Wildman–Crippen LogP) is 3.51. The van der Waals surface area contributed by atoms with Crippen LogP contribution in [-0.2, 0) is 5.75 Å². The van der Waals surface area contributed by atoms with Gasteiger partial charge >= 0.3 is 5.97 Å². The maximum atomic E-state index is 11.2. The first-order valence-corrected chi connectivity index (χ1v) is 6.58. The van der Waals surface area contributed by atoms with Crippen molar-refractivity contribution in [1.29, 1.82) is 0 Å². The molecule has 2 rings (SSSR count). The second-order valence-electron chi connectivity index (χ2n) is 4.21. The van der Waals surface area contributed by atoms with Crippen molar-refractivity contribution in [1.82, 2.24) is 4.98 Å². The Morgan fingerprint density at radius 1 is 1.47 bits per heavy atom. The van der Waals surface area contributed by atoms with Gasteiger partial charge < -0.3 is 10.1 Å². The monoisotopic (exact) mass is 249 g/mol. The third-order valence-electron chi connectivity index (χ3n) is 2.59. The number of H-pyrrole nitrogens is 1. The van der Waals surface area contributed by atoms with Crippen molar-refractivity contribution in [2.75, 3.05) is 0 Å². The van der Waals surface area contributed by atoms with Gasteiger partial charge in [-0.25, -0.2) is 4.79 Å². The summed E-state index contributed by atoms with van der Waals surface area (Å²) >= 11 is 1.81. The van der Waals surface area contributed by atoms with Crippen LogP contribution in [0, 0.1) is 0 Å². The summed E-state index contributed by atoms with van der Waals surface area (Å²) in [6.45, 7) is 4.27. The molecule has 0 aliphatic heterocycles. The minimum atomic E-state index is -0.869. The Balaban J connectivity index is 2.46. The summed E-state index contributed by atoms with van der Waals surface area (Å²) in [5, 5.41) is 10.6. The molecule has 4 heteroatoms. The highest BCUT2D eigenvalue weighted by atomic mass is 32.2. The summed E-state index contributed by atoms with van der Waals surface area (Å²) in [6, 6.07) is 5.33. The van der Waals surface area contributed by atoms with Crippen LogP contribution in [0.5, 0.6) is 0 Å². The molecule has 0 bridgehead atoms. The van der Waals surface area contributed by atoms with Crippen molar-refractivity contribution in [3.8, 4) is 0 Å². The standard InChI is InChI=1S/C13H15NO2S/c1-8(2)17-7-9-6-14-11-5-3-4-10(12(9)11)13(15)16/h3-6,8,14H,7H2,1-2H3,(H,15,16). The topological polar surface area (TPSA) is 53.1 Å². The molecule has 1 heterocycles. The van der Waals surface area contributed by atoms with Crippen LogP contribution < -0.4 is 0 Å². The molecular formula is C13H15NO2S. The van der Waals surface area contributed by atoms with E-state index in [-0.39, 0.29) is 0 Å². The molecule has 1 aromatic heterocycles. The van der Waals surface area contributed by atoms with Gasteiger partial charge in [-0.15, -0.1) is 0 Å². The molecule has 0 fully saturated rings. The fourth-order valence-electron chi connectivity index (χ4n) is 1.80. The van der Waals surface area contributed by atoms with Crippen LogP contribution >= 0.6 is 11.8 Å². The van der Waals surface area contributed by atoms with Crippen molar-refractivity contribution in [3.63, 3.8) is 0 Å². The first kappa shape index (κ1) is 12.0. The molecule has 0 amide bonds. The van der Waals surface area contributed by atoms with E-state index in [4.69, 9.17) is 0 Å². The summed E-state index contributed by atoms with van der Waals surface area (Å²) in [5.41, 5.74) is 2.34. The normalized spacial score (nSPS) is 11.2. The summed E-state index contributed by atoms with van der Waals surface area (Å²) in [6.07, 6.45) is 1.91. The number of rotatable bonds is 4. The van der Waals surface area contributed by atoms with Gasteiger partial charge in [-0.2, -0.15) is 11.8 Å². The van der Waals surface area contributed by atoms with E-state index in [9.17, 15) is 9.90 Å². The molecule has 3 nitrogen and oxygen atoms in total. The Hall–Kier alpha value is -1.42. The molecule has 0 unspecified atom stereocenters. The van der Waals surface area contributed by atoms with E-state index in [1.54, 1.807) is 12.1 Å². The van der Waals surface area contributed by atoms with Gasteiger partial charge in [0.15, 0.2) is 0 Å². The molecule has 2 N–H and O–H groups in total. The molecule has 90 valence electrons. The van der Waals surface area contributed by atoms with Gasteiger partial charge in [0.1, 0.15) is 0 Å². The van der Waals surface area contributed by atoms with E-state index in [1.165, 1.54) is 0 Å². The Labute approximate surface area is 104 Å². The first-order chi connectivity index (χ1) is 8.09. The summed E-state index contributed by atoms with van der Waals surface area (Å²) in [5.74, 6) is -0.0342. The number of aromatic nitrogens is 1. The van der Waals surface area contributed by atoms with Gasteiger partial charge in [0.2, 0.25) is 0 Å². The Bertz CT molecular complexity index is 545. The lowest BCUT2D eigenvalue weighted by molar-refractivity contribution is 0.0699. The number of benzene rings is 1. The number of thioether (sulfide) groups is 1.